The Hall–Kier alpha value is -0.540. The van der Waals surface area contributed by atoms with Crippen molar-refractivity contribution in [2.75, 3.05) is 26.8 Å². The van der Waals surface area contributed by atoms with E-state index in [2.05, 4.69) is 4.98 Å². The van der Waals surface area contributed by atoms with Gasteiger partial charge in [0, 0.05) is 39.6 Å². The molecule has 1 saturated heterocycles. The maximum absolute atomic E-state index is 12.3. The summed E-state index contributed by atoms with van der Waals surface area (Å²) in [5.74, 6) is 0. The number of aliphatic hydroxyl groups is 1. The average Bonchev–Trinajstić information content (AvgIpc) is 2.77. The Morgan fingerprint density at radius 3 is 2.68 bits per heavy atom. The highest BCUT2D eigenvalue weighted by Gasteiger charge is 2.35. The lowest BCUT2D eigenvalue weighted by Gasteiger charge is -2.34. The summed E-state index contributed by atoms with van der Waals surface area (Å²) < 4.78 is 31.2. The topological polar surface area (TPSA) is 79.7 Å². The summed E-state index contributed by atoms with van der Waals surface area (Å²) >= 11 is 1.14. The van der Waals surface area contributed by atoms with Crippen molar-refractivity contribution in [2.24, 2.45) is 0 Å². The molecule has 1 aromatic heterocycles. The number of thiazole rings is 1. The molecule has 0 radical (unpaired) electrons. The molecule has 0 atom stereocenters. The fraction of sp³-hybridized carbons (Fsp3) is 0.727. The predicted octanol–water partition coefficient (Wildman–Crippen LogP) is 0.614. The van der Waals surface area contributed by atoms with E-state index >= 15 is 0 Å². The number of likely N-dealkylation sites (N-methyl/N-ethyl adjacent to an activating group) is 1. The van der Waals surface area contributed by atoms with Crippen LogP contribution < -0.4 is 0 Å². The zero-order valence-corrected chi connectivity index (χ0v) is 12.6. The largest absolute Gasteiger partial charge is 0.388 e. The van der Waals surface area contributed by atoms with Crippen molar-refractivity contribution in [3.05, 3.63) is 11.2 Å². The Balaban J connectivity index is 2.12. The zero-order chi connectivity index (χ0) is 14.1. The molecule has 1 aliphatic heterocycles. The van der Waals surface area contributed by atoms with E-state index in [-0.39, 0.29) is 10.8 Å². The van der Waals surface area contributed by atoms with Crippen molar-refractivity contribution in [3.8, 4) is 0 Å². The van der Waals surface area contributed by atoms with Crippen LogP contribution in [0, 0.1) is 6.92 Å². The third kappa shape index (κ3) is 3.32. The predicted molar refractivity (Wildman–Crippen MR) is 71.7 cm³/mol. The number of aromatic nitrogens is 1. The summed E-state index contributed by atoms with van der Waals surface area (Å²) in [7, 11) is -2.08. The van der Waals surface area contributed by atoms with Crippen LogP contribution in [-0.2, 0) is 14.8 Å². The van der Waals surface area contributed by atoms with Crippen molar-refractivity contribution < 1.29 is 18.3 Å². The Kier molecular flexibility index (Phi) is 4.26. The Bertz CT molecular complexity index is 535. The molecule has 0 aromatic carbocycles. The van der Waals surface area contributed by atoms with Crippen LogP contribution in [0.3, 0.4) is 0 Å². The van der Waals surface area contributed by atoms with Gasteiger partial charge in [0.1, 0.15) is 0 Å². The minimum absolute atomic E-state index is 0.0790. The highest BCUT2D eigenvalue weighted by Crippen LogP contribution is 2.26. The number of ether oxygens (including phenoxy) is 1. The van der Waals surface area contributed by atoms with Crippen LogP contribution in [0.1, 0.15) is 17.8 Å². The van der Waals surface area contributed by atoms with Crippen LogP contribution in [0.5, 0.6) is 0 Å². The molecule has 0 unspecified atom stereocenters. The van der Waals surface area contributed by atoms with Gasteiger partial charge in [-0.3, -0.25) is 0 Å². The summed E-state index contributed by atoms with van der Waals surface area (Å²) in [6.45, 7) is 2.76. The van der Waals surface area contributed by atoms with E-state index in [0.29, 0.717) is 31.1 Å². The van der Waals surface area contributed by atoms with E-state index in [9.17, 15) is 13.5 Å². The molecule has 6 nitrogen and oxygen atoms in total. The summed E-state index contributed by atoms with van der Waals surface area (Å²) in [6, 6.07) is 0. The second-order valence-electron chi connectivity index (χ2n) is 4.80. The van der Waals surface area contributed by atoms with Gasteiger partial charge >= 0.3 is 0 Å². The molecule has 0 bridgehead atoms. The van der Waals surface area contributed by atoms with Crippen molar-refractivity contribution in [3.63, 3.8) is 0 Å². The SMILES string of the molecule is Cc1ncc(S(=O)(=O)N(C)CC2(O)CCOCC2)s1. The van der Waals surface area contributed by atoms with Crippen molar-refractivity contribution in [1.82, 2.24) is 9.29 Å². The smallest absolute Gasteiger partial charge is 0.254 e. The fourth-order valence-corrected chi connectivity index (χ4v) is 4.59. The Morgan fingerprint density at radius 2 is 2.16 bits per heavy atom. The molecule has 0 amide bonds. The number of hydrogen-bond donors (Lipinski definition) is 1. The lowest BCUT2D eigenvalue weighted by atomic mass is 9.95. The molecule has 8 heteroatoms. The molecule has 2 heterocycles. The molecule has 1 N–H and O–H groups in total. The van der Waals surface area contributed by atoms with Gasteiger partial charge in [-0.05, 0) is 6.92 Å². The van der Waals surface area contributed by atoms with Gasteiger partial charge < -0.3 is 9.84 Å². The standard InChI is InChI=1S/C11H18N2O4S2/c1-9-12-7-10(18-9)19(15,16)13(2)8-11(14)3-5-17-6-4-11/h7,14H,3-6,8H2,1-2H3. The van der Waals surface area contributed by atoms with Crippen molar-refractivity contribution >= 4 is 21.4 Å². The molecule has 2 rings (SSSR count). The first-order chi connectivity index (χ1) is 8.83. The lowest BCUT2D eigenvalue weighted by Crippen LogP contribution is -2.47. The van der Waals surface area contributed by atoms with Crippen LogP contribution >= 0.6 is 11.3 Å². The van der Waals surface area contributed by atoms with Crippen LogP contribution in [0.2, 0.25) is 0 Å². The first-order valence-electron chi connectivity index (χ1n) is 6.02. The second-order valence-corrected chi connectivity index (χ2v) is 8.30. The molecule has 1 aliphatic rings. The van der Waals surface area contributed by atoms with Crippen molar-refractivity contribution in [1.29, 1.82) is 0 Å². The van der Waals surface area contributed by atoms with Crippen LogP contribution in [0.15, 0.2) is 10.4 Å². The molecular formula is C11H18N2O4S2. The molecule has 1 fully saturated rings. The van der Waals surface area contributed by atoms with E-state index in [1.165, 1.54) is 17.5 Å². The van der Waals surface area contributed by atoms with Gasteiger partial charge in [0.2, 0.25) is 0 Å². The fourth-order valence-electron chi connectivity index (χ4n) is 2.02. The molecule has 19 heavy (non-hydrogen) atoms. The number of rotatable bonds is 4. The van der Waals surface area contributed by atoms with E-state index in [0.717, 1.165) is 11.3 Å². The first-order valence-corrected chi connectivity index (χ1v) is 8.28. The molecule has 1 aromatic rings. The van der Waals surface area contributed by atoms with E-state index < -0.39 is 15.6 Å². The average molecular weight is 306 g/mol. The van der Waals surface area contributed by atoms with Gasteiger partial charge in [0.05, 0.1) is 16.8 Å². The minimum Gasteiger partial charge on any atom is -0.388 e. The summed E-state index contributed by atoms with van der Waals surface area (Å²) in [4.78, 5) is 3.96. The van der Waals surface area contributed by atoms with Gasteiger partial charge in [-0.1, -0.05) is 0 Å². The highest BCUT2D eigenvalue weighted by atomic mass is 32.2. The third-order valence-corrected chi connectivity index (χ3v) is 6.36. The lowest BCUT2D eigenvalue weighted by molar-refractivity contribution is -0.0689. The summed E-state index contributed by atoms with van der Waals surface area (Å²) in [5.41, 5.74) is -1.00. The molecule has 0 saturated carbocycles. The van der Waals surface area contributed by atoms with Crippen LogP contribution in [0.25, 0.3) is 0 Å². The van der Waals surface area contributed by atoms with Gasteiger partial charge in [-0.15, -0.1) is 11.3 Å². The summed E-state index contributed by atoms with van der Waals surface area (Å²) in [6.07, 6.45) is 2.27. The molecular weight excluding hydrogens is 288 g/mol. The first kappa shape index (κ1) is 14.9. The Labute approximate surface area is 117 Å². The highest BCUT2D eigenvalue weighted by molar-refractivity contribution is 7.91. The molecule has 0 aliphatic carbocycles. The minimum atomic E-state index is -3.57. The van der Waals surface area contributed by atoms with Gasteiger partial charge in [-0.2, -0.15) is 4.31 Å². The number of nitrogens with zero attached hydrogens (tertiary/aromatic N) is 2. The normalized spacial score (nSPS) is 19.8. The van der Waals surface area contributed by atoms with Gasteiger partial charge in [0.25, 0.3) is 10.0 Å². The quantitative estimate of drug-likeness (QED) is 0.882. The summed E-state index contributed by atoms with van der Waals surface area (Å²) in [5, 5.41) is 11.1. The van der Waals surface area contributed by atoms with Crippen molar-refractivity contribution in [2.45, 2.75) is 29.6 Å². The van der Waals surface area contributed by atoms with Crippen LogP contribution in [0.4, 0.5) is 0 Å². The Morgan fingerprint density at radius 1 is 1.53 bits per heavy atom. The third-order valence-electron chi connectivity index (χ3n) is 3.21. The number of aryl methyl sites for hydroxylation is 1. The van der Waals surface area contributed by atoms with Gasteiger partial charge in [-0.25, -0.2) is 13.4 Å². The van der Waals surface area contributed by atoms with E-state index in [1.54, 1.807) is 6.92 Å². The van der Waals surface area contributed by atoms with Gasteiger partial charge in [0.15, 0.2) is 4.21 Å². The molecule has 0 spiro atoms. The second kappa shape index (κ2) is 5.45. The maximum atomic E-state index is 12.3. The maximum Gasteiger partial charge on any atom is 0.254 e. The zero-order valence-electron chi connectivity index (χ0n) is 11.0. The van der Waals surface area contributed by atoms with E-state index in [4.69, 9.17) is 4.74 Å². The number of sulfonamides is 1. The monoisotopic (exact) mass is 306 g/mol. The number of hydrogen-bond acceptors (Lipinski definition) is 6. The molecule has 108 valence electrons. The van der Waals surface area contributed by atoms with Crippen LogP contribution in [-0.4, -0.2) is 55.2 Å². The van der Waals surface area contributed by atoms with E-state index in [1.807, 2.05) is 0 Å².